The SMILES string of the molecule is CCn1ncnc1CC(O)c1ccc(Br)cc1F. The Bertz CT molecular complexity index is 544. The van der Waals surface area contributed by atoms with E-state index < -0.39 is 11.9 Å². The lowest BCUT2D eigenvalue weighted by atomic mass is 10.1. The highest BCUT2D eigenvalue weighted by Gasteiger charge is 2.16. The summed E-state index contributed by atoms with van der Waals surface area (Å²) in [6, 6.07) is 4.60. The summed E-state index contributed by atoms with van der Waals surface area (Å²) < 4.78 is 16.0. The molecule has 1 aromatic carbocycles. The Morgan fingerprint density at radius 3 is 2.94 bits per heavy atom. The second-order valence-electron chi connectivity index (χ2n) is 3.88. The van der Waals surface area contributed by atoms with Crippen molar-refractivity contribution >= 4 is 15.9 Å². The quantitative estimate of drug-likeness (QED) is 0.943. The molecule has 1 aromatic heterocycles. The van der Waals surface area contributed by atoms with Gasteiger partial charge < -0.3 is 5.11 Å². The van der Waals surface area contributed by atoms with Gasteiger partial charge in [0.1, 0.15) is 18.0 Å². The molecule has 1 atom stereocenters. The van der Waals surface area contributed by atoms with Crippen molar-refractivity contribution in [3.8, 4) is 0 Å². The molecule has 0 radical (unpaired) electrons. The molecular formula is C12H13BrFN3O. The first-order valence-corrected chi connectivity index (χ1v) is 6.40. The van der Waals surface area contributed by atoms with E-state index in [-0.39, 0.29) is 12.0 Å². The zero-order valence-corrected chi connectivity index (χ0v) is 11.4. The van der Waals surface area contributed by atoms with Crippen molar-refractivity contribution in [2.24, 2.45) is 0 Å². The smallest absolute Gasteiger partial charge is 0.138 e. The normalized spacial score (nSPS) is 12.7. The van der Waals surface area contributed by atoms with E-state index in [2.05, 4.69) is 26.0 Å². The molecule has 2 aromatic rings. The number of halogens is 2. The van der Waals surface area contributed by atoms with Crippen LogP contribution in [0.4, 0.5) is 4.39 Å². The van der Waals surface area contributed by atoms with Crippen molar-refractivity contribution in [1.82, 2.24) is 14.8 Å². The van der Waals surface area contributed by atoms with Crippen LogP contribution in [0.25, 0.3) is 0 Å². The topological polar surface area (TPSA) is 50.9 Å². The van der Waals surface area contributed by atoms with E-state index in [1.807, 2.05) is 6.92 Å². The second-order valence-corrected chi connectivity index (χ2v) is 4.79. The third kappa shape index (κ3) is 2.76. The molecule has 0 saturated heterocycles. The van der Waals surface area contributed by atoms with Crippen molar-refractivity contribution in [3.05, 3.63) is 46.2 Å². The van der Waals surface area contributed by atoms with E-state index in [1.54, 1.807) is 16.8 Å². The highest BCUT2D eigenvalue weighted by Crippen LogP contribution is 2.23. The Balaban J connectivity index is 2.19. The van der Waals surface area contributed by atoms with Crippen LogP contribution in [0.5, 0.6) is 0 Å². The molecule has 0 spiro atoms. The molecular weight excluding hydrogens is 301 g/mol. The predicted octanol–water partition coefficient (Wildman–Crippen LogP) is 2.48. The van der Waals surface area contributed by atoms with Gasteiger partial charge in [-0.05, 0) is 19.1 Å². The van der Waals surface area contributed by atoms with E-state index in [9.17, 15) is 9.50 Å². The van der Waals surface area contributed by atoms with Crippen molar-refractivity contribution < 1.29 is 9.50 Å². The van der Waals surface area contributed by atoms with Crippen LogP contribution in [0.3, 0.4) is 0 Å². The van der Waals surface area contributed by atoms with Gasteiger partial charge in [0.25, 0.3) is 0 Å². The summed E-state index contributed by atoms with van der Waals surface area (Å²) in [4.78, 5) is 4.06. The van der Waals surface area contributed by atoms with Crippen LogP contribution < -0.4 is 0 Å². The predicted molar refractivity (Wildman–Crippen MR) is 68.5 cm³/mol. The minimum atomic E-state index is -0.924. The third-order valence-electron chi connectivity index (χ3n) is 2.69. The lowest BCUT2D eigenvalue weighted by Gasteiger charge is -2.12. The summed E-state index contributed by atoms with van der Waals surface area (Å²) in [6.45, 7) is 2.61. The molecule has 18 heavy (non-hydrogen) atoms. The Kier molecular flexibility index (Phi) is 4.08. The van der Waals surface area contributed by atoms with Crippen LogP contribution in [-0.2, 0) is 13.0 Å². The Labute approximate surface area is 113 Å². The van der Waals surface area contributed by atoms with Crippen LogP contribution in [0.15, 0.2) is 29.0 Å². The van der Waals surface area contributed by atoms with Gasteiger partial charge in [-0.1, -0.05) is 22.0 Å². The number of aryl methyl sites for hydroxylation is 1. The van der Waals surface area contributed by atoms with Gasteiger partial charge in [0.2, 0.25) is 0 Å². The highest BCUT2D eigenvalue weighted by atomic mass is 79.9. The molecule has 0 fully saturated rings. The molecule has 0 bridgehead atoms. The lowest BCUT2D eigenvalue weighted by Crippen LogP contribution is -2.10. The molecule has 96 valence electrons. The number of hydrogen-bond acceptors (Lipinski definition) is 3. The monoisotopic (exact) mass is 313 g/mol. The van der Waals surface area contributed by atoms with Gasteiger partial charge in [-0.2, -0.15) is 5.10 Å². The zero-order chi connectivity index (χ0) is 13.1. The Hall–Kier alpha value is -1.27. The van der Waals surface area contributed by atoms with Crippen LogP contribution >= 0.6 is 15.9 Å². The molecule has 1 N–H and O–H groups in total. The molecule has 1 heterocycles. The molecule has 0 saturated carbocycles. The average Bonchev–Trinajstić information content (AvgIpc) is 2.76. The Morgan fingerprint density at radius 1 is 1.50 bits per heavy atom. The first kappa shape index (κ1) is 13.2. The molecule has 1 unspecified atom stereocenters. The number of aromatic nitrogens is 3. The summed E-state index contributed by atoms with van der Waals surface area (Å²) in [6.07, 6.45) is 0.753. The largest absolute Gasteiger partial charge is 0.388 e. The van der Waals surface area contributed by atoms with Gasteiger partial charge in [-0.15, -0.1) is 0 Å². The van der Waals surface area contributed by atoms with Crippen molar-refractivity contribution in [1.29, 1.82) is 0 Å². The summed E-state index contributed by atoms with van der Waals surface area (Å²) in [7, 11) is 0. The summed E-state index contributed by atoms with van der Waals surface area (Å²) in [5, 5.41) is 14.1. The van der Waals surface area contributed by atoms with Gasteiger partial charge in [0.05, 0.1) is 6.10 Å². The first-order valence-electron chi connectivity index (χ1n) is 5.61. The third-order valence-corrected chi connectivity index (χ3v) is 3.19. The molecule has 6 heteroatoms. The minimum Gasteiger partial charge on any atom is -0.388 e. The molecule has 2 rings (SSSR count). The molecule has 0 amide bonds. The van der Waals surface area contributed by atoms with Crippen LogP contribution in [0.1, 0.15) is 24.4 Å². The van der Waals surface area contributed by atoms with Gasteiger partial charge >= 0.3 is 0 Å². The highest BCUT2D eigenvalue weighted by molar-refractivity contribution is 9.10. The van der Waals surface area contributed by atoms with E-state index >= 15 is 0 Å². The maximum atomic E-state index is 13.7. The number of benzene rings is 1. The fraction of sp³-hybridized carbons (Fsp3) is 0.333. The first-order chi connectivity index (χ1) is 8.61. The zero-order valence-electron chi connectivity index (χ0n) is 9.85. The van der Waals surface area contributed by atoms with Gasteiger partial charge in [0.15, 0.2) is 0 Å². The minimum absolute atomic E-state index is 0.242. The maximum Gasteiger partial charge on any atom is 0.138 e. The van der Waals surface area contributed by atoms with Crippen LogP contribution in [-0.4, -0.2) is 19.9 Å². The van der Waals surface area contributed by atoms with E-state index in [0.717, 1.165) is 0 Å². The number of rotatable bonds is 4. The fourth-order valence-corrected chi connectivity index (χ4v) is 2.10. The fourth-order valence-electron chi connectivity index (χ4n) is 1.76. The van der Waals surface area contributed by atoms with Crippen molar-refractivity contribution in [2.45, 2.75) is 26.0 Å². The van der Waals surface area contributed by atoms with Crippen molar-refractivity contribution in [2.75, 3.05) is 0 Å². The molecule has 0 aliphatic carbocycles. The molecule has 0 aliphatic rings. The standard InChI is InChI=1S/C12H13BrFN3O/c1-2-17-12(15-7-16-17)6-11(18)9-4-3-8(13)5-10(9)14/h3-5,7,11,18H,2,6H2,1H3. The summed E-state index contributed by atoms with van der Waals surface area (Å²) in [5.41, 5.74) is 0.267. The van der Waals surface area contributed by atoms with E-state index in [0.29, 0.717) is 16.8 Å². The number of aliphatic hydroxyl groups is 1. The molecule has 4 nitrogen and oxygen atoms in total. The summed E-state index contributed by atoms with van der Waals surface area (Å²) >= 11 is 3.18. The van der Waals surface area contributed by atoms with Gasteiger partial charge in [0, 0.05) is 23.0 Å². The van der Waals surface area contributed by atoms with Crippen LogP contribution in [0, 0.1) is 5.82 Å². The lowest BCUT2D eigenvalue weighted by molar-refractivity contribution is 0.169. The number of hydrogen-bond donors (Lipinski definition) is 1. The molecule has 0 aliphatic heterocycles. The van der Waals surface area contributed by atoms with Crippen molar-refractivity contribution in [3.63, 3.8) is 0 Å². The Morgan fingerprint density at radius 2 is 2.28 bits per heavy atom. The number of nitrogens with zero attached hydrogens (tertiary/aromatic N) is 3. The average molecular weight is 314 g/mol. The summed E-state index contributed by atoms with van der Waals surface area (Å²) in [5.74, 6) is 0.215. The second kappa shape index (κ2) is 5.58. The maximum absolute atomic E-state index is 13.7. The van der Waals surface area contributed by atoms with E-state index in [1.165, 1.54) is 12.4 Å². The van der Waals surface area contributed by atoms with E-state index in [4.69, 9.17) is 0 Å². The van der Waals surface area contributed by atoms with Crippen LogP contribution in [0.2, 0.25) is 0 Å². The van der Waals surface area contributed by atoms with Gasteiger partial charge in [-0.25, -0.2) is 9.37 Å². The van der Waals surface area contributed by atoms with Gasteiger partial charge in [-0.3, -0.25) is 4.68 Å². The number of aliphatic hydroxyl groups excluding tert-OH is 1.